The van der Waals surface area contributed by atoms with Gasteiger partial charge >= 0.3 is 0 Å². The van der Waals surface area contributed by atoms with Crippen LogP contribution in [0.3, 0.4) is 0 Å². The zero-order chi connectivity index (χ0) is 21.6. The molecule has 0 aromatic heterocycles. The molecule has 0 fully saturated rings. The molecule has 2 rings (SSSR count). The fourth-order valence-electron chi connectivity index (χ4n) is 2.84. The van der Waals surface area contributed by atoms with Crippen molar-refractivity contribution in [3.05, 3.63) is 63.1 Å². The van der Waals surface area contributed by atoms with E-state index >= 15 is 0 Å². The summed E-state index contributed by atoms with van der Waals surface area (Å²) < 4.78 is 5.76. The predicted octanol–water partition coefficient (Wildman–Crippen LogP) is 4.54. The number of likely N-dealkylation sites (N-methyl/N-ethyl adjacent to an activating group) is 1. The molecule has 0 aliphatic rings. The molecule has 0 radical (unpaired) electrons. The van der Waals surface area contributed by atoms with Crippen LogP contribution in [0.1, 0.15) is 30.5 Å². The van der Waals surface area contributed by atoms with Gasteiger partial charge in [0.15, 0.2) is 6.61 Å². The largest absolute Gasteiger partial charge is 0.483 e. The van der Waals surface area contributed by atoms with Crippen molar-refractivity contribution in [3.63, 3.8) is 0 Å². The number of aryl methyl sites for hydroxylation is 1. The first-order valence-corrected chi connectivity index (χ1v) is 10.2. The van der Waals surface area contributed by atoms with E-state index in [-0.39, 0.29) is 25.0 Å². The Hall–Kier alpha value is -2.24. The summed E-state index contributed by atoms with van der Waals surface area (Å²) in [6.07, 6.45) is 0. The molecule has 0 aliphatic carbocycles. The maximum Gasteiger partial charge on any atom is 0.261 e. The third kappa shape index (κ3) is 6.12. The lowest BCUT2D eigenvalue weighted by Crippen LogP contribution is -2.49. The van der Waals surface area contributed by atoms with Gasteiger partial charge in [-0.1, -0.05) is 41.4 Å². The lowest BCUT2D eigenvalue weighted by atomic mass is 10.1. The highest BCUT2D eigenvalue weighted by Gasteiger charge is 2.27. The number of carbonyl (C=O) groups is 2. The van der Waals surface area contributed by atoms with E-state index in [1.165, 1.54) is 4.90 Å². The average Bonchev–Trinajstić information content (AvgIpc) is 2.68. The first-order valence-electron chi connectivity index (χ1n) is 9.44. The number of halogens is 2. The Labute approximate surface area is 181 Å². The number of nitrogens with zero attached hydrogens (tertiary/aromatic N) is 1. The van der Waals surface area contributed by atoms with Crippen molar-refractivity contribution in [1.29, 1.82) is 0 Å². The number of ether oxygens (including phenoxy) is 1. The lowest BCUT2D eigenvalue weighted by molar-refractivity contribution is -0.142. The van der Waals surface area contributed by atoms with Crippen LogP contribution in [0.15, 0.2) is 36.4 Å². The molecule has 1 unspecified atom stereocenters. The van der Waals surface area contributed by atoms with Crippen LogP contribution in [0, 0.1) is 13.8 Å². The van der Waals surface area contributed by atoms with Gasteiger partial charge in [-0.2, -0.15) is 0 Å². The molecular weight excluding hydrogens is 411 g/mol. The molecule has 156 valence electrons. The Morgan fingerprint density at radius 1 is 1.17 bits per heavy atom. The fraction of sp³-hybridized carbons (Fsp3) is 0.364. The quantitative estimate of drug-likeness (QED) is 0.660. The number of amides is 2. The second kappa shape index (κ2) is 10.5. The van der Waals surface area contributed by atoms with E-state index in [1.54, 1.807) is 25.1 Å². The molecule has 2 amide bonds. The van der Waals surface area contributed by atoms with Gasteiger partial charge in [-0.15, -0.1) is 0 Å². The maximum atomic E-state index is 13.0. The van der Waals surface area contributed by atoms with Gasteiger partial charge in [0.05, 0.1) is 0 Å². The third-order valence-corrected chi connectivity index (χ3v) is 5.37. The molecule has 5 nitrogen and oxygen atoms in total. The van der Waals surface area contributed by atoms with Gasteiger partial charge in [-0.25, -0.2) is 0 Å². The highest BCUT2D eigenvalue weighted by molar-refractivity contribution is 6.35. The van der Waals surface area contributed by atoms with Gasteiger partial charge in [-0.3, -0.25) is 9.59 Å². The molecule has 0 saturated heterocycles. The minimum Gasteiger partial charge on any atom is -0.483 e. The van der Waals surface area contributed by atoms with Gasteiger partial charge in [-0.05, 0) is 62.6 Å². The van der Waals surface area contributed by atoms with E-state index in [2.05, 4.69) is 5.32 Å². The second-order valence-corrected chi connectivity index (χ2v) is 7.66. The summed E-state index contributed by atoms with van der Waals surface area (Å²) in [6, 6.07) is 10.1. The highest BCUT2D eigenvalue weighted by atomic mass is 35.5. The Morgan fingerprint density at radius 3 is 2.55 bits per heavy atom. The van der Waals surface area contributed by atoms with Crippen LogP contribution in [0.5, 0.6) is 5.75 Å². The van der Waals surface area contributed by atoms with Crippen molar-refractivity contribution in [2.24, 2.45) is 0 Å². The van der Waals surface area contributed by atoms with Gasteiger partial charge < -0.3 is 15.0 Å². The standard InChI is InChI=1S/C22H26Cl2N2O3/c1-5-25-22(28)16(4)26(12-17-9-10-18(23)11-19(17)24)21(27)13-29-20-8-6-7-14(2)15(20)3/h6-11,16H,5,12-13H2,1-4H3,(H,25,28). The highest BCUT2D eigenvalue weighted by Crippen LogP contribution is 2.24. The molecule has 2 aromatic rings. The zero-order valence-corrected chi connectivity index (χ0v) is 18.6. The van der Waals surface area contributed by atoms with Crippen molar-refractivity contribution in [1.82, 2.24) is 10.2 Å². The molecule has 7 heteroatoms. The van der Waals surface area contributed by atoms with Gasteiger partial charge in [0.25, 0.3) is 5.91 Å². The minimum atomic E-state index is -0.684. The SMILES string of the molecule is CCNC(=O)C(C)N(Cc1ccc(Cl)cc1Cl)C(=O)COc1cccc(C)c1C. The average molecular weight is 437 g/mol. The van der Waals surface area contributed by atoms with Gasteiger partial charge in [0, 0.05) is 23.1 Å². The smallest absolute Gasteiger partial charge is 0.261 e. The summed E-state index contributed by atoms with van der Waals surface area (Å²) in [4.78, 5) is 26.9. The first kappa shape index (κ1) is 23.0. The molecule has 2 aromatic carbocycles. The van der Waals surface area contributed by atoms with Crippen molar-refractivity contribution >= 4 is 35.0 Å². The predicted molar refractivity (Wildman–Crippen MR) is 117 cm³/mol. The number of hydrogen-bond acceptors (Lipinski definition) is 3. The van der Waals surface area contributed by atoms with Gasteiger partial charge in [0.2, 0.25) is 5.91 Å². The van der Waals surface area contributed by atoms with E-state index in [9.17, 15) is 9.59 Å². The first-order chi connectivity index (χ1) is 13.7. The summed E-state index contributed by atoms with van der Waals surface area (Å²) in [6.45, 7) is 7.91. The van der Waals surface area contributed by atoms with Crippen LogP contribution in [0.25, 0.3) is 0 Å². The van der Waals surface area contributed by atoms with E-state index in [1.807, 2.05) is 39.0 Å². The summed E-state index contributed by atoms with van der Waals surface area (Å²) >= 11 is 12.2. The summed E-state index contributed by atoms with van der Waals surface area (Å²) in [7, 11) is 0. The van der Waals surface area contributed by atoms with Crippen molar-refractivity contribution in [2.75, 3.05) is 13.2 Å². The van der Waals surface area contributed by atoms with Crippen molar-refractivity contribution in [3.8, 4) is 5.75 Å². The van der Waals surface area contributed by atoms with E-state index < -0.39 is 6.04 Å². The van der Waals surface area contributed by atoms with E-state index in [0.29, 0.717) is 27.9 Å². The number of hydrogen-bond donors (Lipinski definition) is 1. The Bertz CT molecular complexity index is 886. The molecule has 0 saturated carbocycles. The van der Waals surface area contributed by atoms with E-state index in [4.69, 9.17) is 27.9 Å². The van der Waals surface area contributed by atoms with Crippen LogP contribution in [0.2, 0.25) is 10.0 Å². The number of rotatable bonds is 8. The van der Waals surface area contributed by atoms with Crippen LogP contribution in [-0.2, 0) is 16.1 Å². The molecule has 1 atom stereocenters. The number of benzene rings is 2. The second-order valence-electron chi connectivity index (χ2n) is 6.81. The number of carbonyl (C=O) groups excluding carboxylic acids is 2. The summed E-state index contributed by atoms with van der Waals surface area (Å²) in [5, 5.41) is 3.70. The minimum absolute atomic E-state index is 0.170. The topological polar surface area (TPSA) is 58.6 Å². The number of nitrogens with one attached hydrogen (secondary N) is 1. The molecule has 29 heavy (non-hydrogen) atoms. The van der Waals surface area contributed by atoms with Crippen LogP contribution in [-0.4, -0.2) is 35.9 Å². The van der Waals surface area contributed by atoms with Gasteiger partial charge in [0.1, 0.15) is 11.8 Å². The Balaban J connectivity index is 2.22. The maximum absolute atomic E-state index is 13.0. The molecule has 0 aliphatic heterocycles. The van der Waals surface area contributed by atoms with Crippen molar-refractivity contribution < 1.29 is 14.3 Å². The van der Waals surface area contributed by atoms with Crippen LogP contribution in [0.4, 0.5) is 0 Å². The zero-order valence-electron chi connectivity index (χ0n) is 17.1. The molecule has 0 spiro atoms. The fourth-order valence-corrected chi connectivity index (χ4v) is 3.31. The van der Waals surface area contributed by atoms with Crippen molar-refractivity contribution in [2.45, 2.75) is 40.3 Å². The molecular formula is C22H26Cl2N2O3. The van der Waals surface area contributed by atoms with E-state index in [0.717, 1.165) is 11.1 Å². The third-order valence-electron chi connectivity index (χ3n) is 4.78. The summed E-state index contributed by atoms with van der Waals surface area (Å²) in [5.74, 6) is 0.0989. The van der Waals surface area contributed by atoms with Crippen LogP contribution < -0.4 is 10.1 Å². The Kier molecular flexibility index (Phi) is 8.35. The summed E-state index contributed by atoms with van der Waals surface area (Å²) in [5.41, 5.74) is 2.76. The normalized spacial score (nSPS) is 11.7. The molecule has 0 bridgehead atoms. The Morgan fingerprint density at radius 2 is 1.90 bits per heavy atom. The van der Waals surface area contributed by atoms with Crippen LogP contribution >= 0.6 is 23.2 Å². The molecule has 0 heterocycles. The lowest BCUT2D eigenvalue weighted by Gasteiger charge is -2.29. The monoisotopic (exact) mass is 436 g/mol. The molecule has 1 N–H and O–H groups in total.